The third kappa shape index (κ3) is 3.40. The maximum atomic E-state index is 10.8. The molecule has 17 heavy (non-hydrogen) atoms. The Morgan fingerprint density at radius 3 is 2.76 bits per heavy atom. The minimum absolute atomic E-state index is 0.0918. The van der Waals surface area contributed by atoms with E-state index in [1.807, 2.05) is 0 Å². The number of rotatable bonds is 4. The van der Waals surface area contributed by atoms with Crippen LogP contribution in [0.5, 0.6) is 0 Å². The maximum absolute atomic E-state index is 10.8. The monoisotopic (exact) mass is 243 g/mol. The highest BCUT2D eigenvalue weighted by Crippen LogP contribution is 2.31. The second kappa shape index (κ2) is 5.33. The van der Waals surface area contributed by atoms with Crippen molar-refractivity contribution in [2.24, 2.45) is 0 Å². The number of nitrogens with zero attached hydrogens (tertiary/aromatic N) is 1. The second-order valence-electron chi connectivity index (χ2n) is 5.23. The number of ether oxygens (including phenoxy) is 1. The molecule has 0 spiro atoms. The van der Waals surface area contributed by atoms with Crippen LogP contribution in [-0.2, 0) is 9.53 Å². The minimum atomic E-state index is -0.802. The summed E-state index contributed by atoms with van der Waals surface area (Å²) >= 11 is 0. The molecule has 2 N–H and O–H groups in total. The zero-order chi connectivity index (χ0) is 12.3. The first-order valence-electron chi connectivity index (χ1n) is 6.35. The lowest BCUT2D eigenvalue weighted by molar-refractivity contribution is -0.141. The van der Waals surface area contributed by atoms with Crippen LogP contribution in [0.4, 0.5) is 0 Å². The molecule has 1 aliphatic heterocycles. The lowest BCUT2D eigenvalue weighted by atomic mass is 10.00. The van der Waals surface area contributed by atoms with Gasteiger partial charge in [0.25, 0.3) is 0 Å². The predicted molar refractivity (Wildman–Crippen MR) is 61.9 cm³/mol. The molecule has 1 aliphatic carbocycles. The standard InChI is InChI=1S/C12H21NO4/c14-11(15)7-10-8-17-6-5-13(10)9-12(16)3-1-2-4-12/h10,16H,1-9H2,(H,14,15). The molecule has 1 unspecified atom stereocenters. The van der Waals surface area contributed by atoms with E-state index >= 15 is 0 Å². The van der Waals surface area contributed by atoms with Crippen LogP contribution in [0.1, 0.15) is 32.1 Å². The van der Waals surface area contributed by atoms with Crippen LogP contribution in [0.25, 0.3) is 0 Å². The zero-order valence-corrected chi connectivity index (χ0v) is 10.1. The van der Waals surface area contributed by atoms with E-state index in [1.165, 1.54) is 0 Å². The lowest BCUT2D eigenvalue weighted by Crippen LogP contribution is -2.52. The van der Waals surface area contributed by atoms with Gasteiger partial charge in [-0.2, -0.15) is 0 Å². The highest BCUT2D eigenvalue weighted by Gasteiger charge is 2.36. The Morgan fingerprint density at radius 1 is 1.41 bits per heavy atom. The third-order valence-corrected chi connectivity index (χ3v) is 3.79. The van der Waals surface area contributed by atoms with Gasteiger partial charge in [0.15, 0.2) is 0 Å². The van der Waals surface area contributed by atoms with Crippen molar-refractivity contribution in [3.8, 4) is 0 Å². The van der Waals surface area contributed by atoms with Crippen molar-refractivity contribution in [2.45, 2.75) is 43.7 Å². The predicted octanol–water partition coefficient (Wildman–Crippen LogP) is 0.467. The molecule has 1 saturated heterocycles. The number of hydrogen-bond acceptors (Lipinski definition) is 4. The van der Waals surface area contributed by atoms with E-state index < -0.39 is 11.6 Å². The van der Waals surface area contributed by atoms with E-state index in [4.69, 9.17) is 9.84 Å². The molecule has 0 bridgehead atoms. The van der Waals surface area contributed by atoms with Gasteiger partial charge in [0.1, 0.15) is 0 Å². The van der Waals surface area contributed by atoms with Crippen molar-refractivity contribution in [1.29, 1.82) is 0 Å². The molecule has 1 atom stereocenters. The van der Waals surface area contributed by atoms with Crippen molar-refractivity contribution < 1.29 is 19.7 Å². The molecular weight excluding hydrogens is 222 g/mol. The average Bonchev–Trinajstić information content (AvgIpc) is 2.67. The number of hydrogen-bond donors (Lipinski definition) is 2. The topological polar surface area (TPSA) is 70.0 Å². The fourth-order valence-electron chi connectivity index (χ4n) is 2.86. The van der Waals surface area contributed by atoms with Crippen molar-refractivity contribution in [3.63, 3.8) is 0 Å². The van der Waals surface area contributed by atoms with Crippen LogP contribution in [-0.4, -0.2) is 59.0 Å². The van der Waals surface area contributed by atoms with Gasteiger partial charge in [-0.05, 0) is 12.8 Å². The molecule has 2 aliphatic rings. The van der Waals surface area contributed by atoms with Gasteiger partial charge < -0.3 is 14.9 Å². The Morgan fingerprint density at radius 2 is 2.12 bits per heavy atom. The Kier molecular flexibility index (Phi) is 4.01. The Labute approximate surface area is 101 Å². The van der Waals surface area contributed by atoms with Crippen LogP contribution >= 0.6 is 0 Å². The molecule has 0 aromatic rings. The number of aliphatic carboxylic acids is 1. The molecule has 98 valence electrons. The normalized spacial score (nSPS) is 29.4. The van der Waals surface area contributed by atoms with Gasteiger partial charge in [0.05, 0.1) is 25.2 Å². The molecule has 1 saturated carbocycles. The van der Waals surface area contributed by atoms with Crippen molar-refractivity contribution in [1.82, 2.24) is 4.90 Å². The van der Waals surface area contributed by atoms with Gasteiger partial charge >= 0.3 is 5.97 Å². The van der Waals surface area contributed by atoms with Gasteiger partial charge in [0, 0.05) is 19.1 Å². The van der Waals surface area contributed by atoms with Crippen LogP contribution in [0.15, 0.2) is 0 Å². The smallest absolute Gasteiger partial charge is 0.305 e. The maximum Gasteiger partial charge on any atom is 0.305 e. The molecule has 5 nitrogen and oxygen atoms in total. The van der Waals surface area contributed by atoms with Crippen LogP contribution in [0.2, 0.25) is 0 Å². The number of aliphatic hydroxyl groups is 1. The van der Waals surface area contributed by atoms with Crippen LogP contribution in [0, 0.1) is 0 Å². The van der Waals surface area contributed by atoms with E-state index in [9.17, 15) is 9.90 Å². The molecule has 1 heterocycles. The Bertz CT molecular complexity index is 276. The second-order valence-corrected chi connectivity index (χ2v) is 5.23. The van der Waals surface area contributed by atoms with Crippen molar-refractivity contribution in [2.75, 3.05) is 26.3 Å². The van der Waals surface area contributed by atoms with Gasteiger partial charge in [-0.25, -0.2) is 0 Å². The number of carboxylic acid groups (broad SMARTS) is 1. The fraction of sp³-hybridized carbons (Fsp3) is 0.917. The number of carbonyl (C=O) groups is 1. The fourth-order valence-corrected chi connectivity index (χ4v) is 2.86. The highest BCUT2D eigenvalue weighted by atomic mass is 16.5. The van der Waals surface area contributed by atoms with Crippen LogP contribution in [0.3, 0.4) is 0 Å². The lowest BCUT2D eigenvalue weighted by Gasteiger charge is -2.39. The molecule has 0 radical (unpaired) electrons. The minimum Gasteiger partial charge on any atom is -0.481 e. The molecule has 0 aromatic heterocycles. The van der Waals surface area contributed by atoms with E-state index in [0.717, 1.165) is 32.2 Å². The SMILES string of the molecule is O=C(O)CC1COCCN1CC1(O)CCCC1. The van der Waals surface area contributed by atoms with Crippen molar-refractivity contribution >= 4 is 5.97 Å². The molecule has 0 aromatic carbocycles. The first kappa shape index (κ1) is 12.8. The summed E-state index contributed by atoms with van der Waals surface area (Å²) in [7, 11) is 0. The zero-order valence-electron chi connectivity index (χ0n) is 10.1. The number of β-amino-alcohol motifs (C(OH)–C–C–N with tert-alkyl or cyclic N) is 1. The van der Waals surface area contributed by atoms with E-state index in [2.05, 4.69) is 4.90 Å². The first-order valence-corrected chi connectivity index (χ1v) is 6.35. The molecule has 0 amide bonds. The summed E-state index contributed by atoms with van der Waals surface area (Å²) in [5, 5.41) is 19.2. The summed E-state index contributed by atoms with van der Waals surface area (Å²) in [6, 6.07) is -0.0918. The van der Waals surface area contributed by atoms with Gasteiger partial charge in [-0.15, -0.1) is 0 Å². The number of carboxylic acids is 1. The van der Waals surface area contributed by atoms with E-state index in [-0.39, 0.29) is 12.5 Å². The summed E-state index contributed by atoms with van der Waals surface area (Å²) in [5.74, 6) is -0.802. The Hall–Kier alpha value is -0.650. The summed E-state index contributed by atoms with van der Waals surface area (Å²) in [6.45, 7) is 2.41. The summed E-state index contributed by atoms with van der Waals surface area (Å²) in [5.41, 5.74) is -0.603. The molecule has 2 rings (SSSR count). The summed E-state index contributed by atoms with van der Waals surface area (Å²) < 4.78 is 5.32. The Balaban J connectivity index is 1.93. The van der Waals surface area contributed by atoms with E-state index in [0.29, 0.717) is 19.8 Å². The number of morpholine rings is 1. The highest BCUT2D eigenvalue weighted by molar-refractivity contribution is 5.67. The molecule has 5 heteroatoms. The largest absolute Gasteiger partial charge is 0.481 e. The summed E-state index contributed by atoms with van der Waals surface area (Å²) in [4.78, 5) is 12.9. The molecule has 2 fully saturated rings. The third-order valence-electron chi connectivity index (χ3n) is 3.79. The van der Waals surface area contributed by atoms with Crippen molar-refractivity contribution in [3.05, 3.63) is 0 Å². The van der Waals surface area contributed by atoms with E-state index in [1.54, 1.807) is 0 Å². The average molecular weight is 243 g/mol. The van der Waals surface area contributed by atoms with Gasteiger partial charge in [-0.3, -0.25) is 9.69 Å². The van der Waals surface area contributed by atoms with Crippen LogP contribution < -0.4 is 0 Å². The first-order chi connectivity index (χ1) is 8.09. The van der Waals surface area contributed by atoms with Gasteiger partial charge in [-0.1, -0.05) is 12.8 Å². The molecular formula is C12H21NO4. The summed E-state index contributed by atoms with van der Waals surface area (Å²) in [6.07, 6.45) is 3.92. The van der Waals surface area contributed by atoms with Gasteiger partial charge in [0.2, 0.25) is 0 Å². The quantitative estimate of drug-likeness (QED) is 0.751.